The Labute approximate surface area is 90.1 Å². The molecule has 3 nitrogen and oxygen atoms in total. The van der Waals surface area contributed by atoms with Gasteiger partial charge in [0.25, 0.3) is 5.66 Å². The van der Waals surface area contributed by atoms with Crippen LogP contribution in [-0.2, 0) is 0 Å². The van der Waals surface area contributed by atoms with Crippen LogP contribution in [0, 0.1) is 4.91 Å². The van der Waals surface area contributed by atoms with Crippen LogP contribution < -0.4 is 0 Å². The summed E-state index contributed by atoms with van der Waals surface area (Å²) < 4.78 is 1.01. The van der Waals surface area contributed by atoms with Crippen LogP contribution in [0.25, 0.3) is 0 Å². The van der Waals surface area contributed by atoms with Crippen molar-refractivity contribution in [2.45, 2.75) is 57.6 Å². The van der Waals surface area contributed by atoms with E-state index < -0.39 is 16.1 Å². The van der Waals surface area contributed by atoms with Crippen LogP contribution in [0.3, 0.4) is 0 Å². The maximum absolute atomic E-state index is 11.9. The molecule has 4 heteroatoms. The highest BCUT2D eigenvalue weighted by Crippen LogP contribution is 2.36. The highest BCUT2D eigenvalue weighted by Gasteiger charge is 2.59. The van der Waals surface area contributed by atoms with Crippen LogP contribution in [0.5, 0.6) is 0 Å². The van der Waals surface area contributed by atoms with Gasteiger partial charge in [-0.05, 0) is 13.8 Å². The van der Waals surface area contributed by atoms with Gasteiger partial charge < -0.3 is 0 Å². The highest BCUT2D eigenvalue weighted by atomic mass is 35.5. The average molecular weight is 218 g/mol. The molecule has 1 rings (SSSR count). The third-order valence-corrected chi connectivity index (χ3v) is 2.71. The number of nitroso groups, excluding NO2 is 1. The number of aliphatic imine (C=N–C) groups is 1. The predicted molar refractivity (Wildman–Crippen MR) is 59.2 cm³/mol. The van der Waals surface area contributed by atoms with E-state index in [0.717, 1.165) is 10.5 Å². The van der Waals surface area contributed by atoms with Gasteiger partial charge >= 0.3 is 0 Å². The number of hydrogen-bond acceptors (Lipinski definition) is 2. The molecule has 0 saturated carbocycles. The largest absolute Gasteiger partial charge is 0.298 e. The molecule has 0 aliphatic carbocycles. The van der Waals surface area contributed by atoms with Gasteiger partial charge in [-0.3, -0.25) is 0 Å². The molecule has 14 heavy (non-hydrogen) atoms. The lowest BCUT2D eigenvalue weighted by atomic mass is 9.90. The van der Waals surface area contributed by atoms with E-state index in [0.29, 0.717) is 0 Å². The molecule has 1 aliphatic rings. The molecule has 0 bridgehead atoms. The maximum Gasteiger partial charge on any atom is 0.298 e. The Hall–Kier alpha value is -0.440. The Kier molecular flexibility index (Phi) is 2.31. The lowest BCUT2D eigenvalue weighted by Gasteiger charge is -2.21. The third-order valence-electron chi connectivity index (χ3n) is 2.53. The molecule has 0 N–H and O–H groups in total. The summed E-state index contributed by atoms with van der Waals surface area (Å²) in [6.45, 7) is 11.1. The Morgan fingerprint density at radius 1 is 1.29 bits per heavy atom. The summed E-state index contributed by atoms with van der Waals surface area (Å²) in [5, 5.41) is 0. The zero-order valence-electron chi connectivity index (χ0n) is 9.68. The summed E-state index contributed by atoms with van der Waals surface area (Å²) in [5.41, 5.74) is -0.564. The van der Waals surface area contributed by atoms with Gasteiger partial charge in [-0.1, -0.05) is 0 Å². The number of nitrogens with zero attached hydrogens (tertiary/aromatic N) is 2. The average Bonchev–Trinajstić information content (AvgIpc) is 2.10. The van der Waals surface area contributed by atoms with Crippen molar-refractivity contribution in [2.75, 3.05) is 0 Å². The first-order valence-corrected chi connectivity index (χ1v) is 5.14. The van der Waals surface area contributed by atoms with Crippen LogP contribution in [0.4, 0.5) is 0 Å². The first-order chi connectivity index (χ1) is 5.99. The van der Waals surface area contributed by atoms with E-state index in [9.17, 15) is 4.91 Å². The fraction of sp³-hybridized carbons (Fsp3) is 0.900. The van der Waals surface area contributed by atoms with E-state index >= 15 is 0 Å². The number of rotatable bonds is 1. The highest BCUT2D eigenvalue weighted by molar-refractivity contribution is 6.37. The van der Waals surface area contributed by atoms with Crippen molar-refractivity contribution in [1.82, 2.24) is 0 Å². The molecular weight excluding hydrogens is 200 g/mol. The molecule has 0 fully saturated rings. The van der Waals surface area contributed by atoms with Crippen LogP contribution in [0.1, 0.15) is 41.5 Å². The van der Waals surface area contributed by atoms with Crippen molar-refractivity contribution >= 4 is 17.3 Å². The van der Waals surface area contributed by atoms with Crippen molar-refractivity contribution in [3.8, 4) is 0 Å². The summed E-state index contributed by atoms with van der Waals surface area (Å²) >= 11 is 6.22. The van der Waals surface area contributed by atoms with Gasteiger partial charge in [0.15, 0.2) is 0 Å². The second-order valence-electron chi connectivity index (χ2n) is 5.28. The molecule has 80 valence electrons. The number of hydrogen-bond donors (Lipinski definition) is 0. The molecule has 0 spiro atoms. The van der Waals surface area contributed by atoms with Gasteiger partial charge in [0.2, 0.25) is 5.54 Å². The molecule has 1 heterocycles. The molecule has 0 saturated heterocycles. The van der Waals surface area contributed by atoms with Gasteiger partial charge in [-0.25, -0.2) is 4.99 Å². The summed E-state index contributed by atoms with van der Waals surface area (Å²) in [4.78, 5) is 15.8. The lowest BCUT2D eigenvalue weighted by Crippen LogP contribution is -2.48. The number of halogens is 1. The van der Waals surface area contributed by atoms with E-state index in [1.807, 2.05) is 27.7 Å². The molecule has 0 unspecified atom stereocenters. The quantitative estimate of drug-likeness (QED) is 0.491. The van der Waals surface area contributed by atoms with Crippen molar-refractivity contribution < 1.29 is 4.76 Å². The molecule has 1 aliphatic heterocycles. The summed E-state index contributed by atoms with van der Waals surface area (Å²) in [6, 6.07) is 0. The van der Waals surface area contributed by atoms with Gasteiger partial charge in [-0.2, -0.15) is 0 Å². The molecule has 0 atom stereocenters. The summed E-state index contributed by atoms with van der Waals surface area (Å²) in [6.07, 6.45) is 0. The molecule has 0 aromatic carbocycles. The van der Waals surface area contributed by atoms with Crippen molar-refractivity contribution in [1.29, 1.82) is 0 Å². The zero-order valence-corrected chi connectivity index (χ0v) is 10.4. The molecule has 0 radical (unpaired) electrons. The second-order valence-corrected chi connectivity index (χ2v) is 6.23. The first kappa shape index (κ1) is 11.6. The second kappa shape index (κ2) is 2.78. The minimum Gasteiger partial charge on any atom is -0.211 e. The normalized spacial score (nSPS) is 25.1. The smallest absolute Gasteiger partial charge is 0.211 e. The first-order valence-electron chi connectivity index (χ1n) is 4.77. The Bertz CT molecular complexity index is 311. The lowest BCUT2D eigenvalue weighted by molar-refractivity contribution is -0.653. The van der Waals surface area contributed by atoms with Crippen LogP contribution in [0.2, 0.25) is 0 Å². The molecule has 0 amide bonds. The molecule has 0 aromatic heterocycles. The Morgan fingerprint density at radius 2 is 1.71 bits per heavy atom. The number of alkyl halides is 1. The molecular formula is C10H18ClN2O+. The van der Waals surface area contributed by atoms with Gasteiger partial charge in [0.1, 0.15) is 5.71 Å². The van der Waals surface area contributed by atoms with E-state index in [1.165, 1.54) is 0 Å². The Morgan fingerprint density at radius 3 is 1.86 bits per heavy atom. The predicted octanol–water partition coefficient (Wildman–Crippen LogP) is 2.75. The van der Waals surface area contributed by atoms with Crippen LogP contribution >= 0.6 is 11.6 Å². The fourth-order valence-electron chi connectivity index (χ4n) is 2.10. The SMILES string of the molecule is CC(C)(Cl)C1=NC(C)(C)[N+](=O)C1(C)C. The van der Waals surface area contributed by atoms with E-state index in [1.54, 1.807) is 13.8 Å². The third kappa shape index (κ3) is 1.58. The topological polar surface area (TPSA) is 32.4 Å². The monoisotopic (exact) mass is 217 g/mol. The summed E-state index contributed by atoms with van der Waals surface area (Å²) in [5.74, 6) is 0. The minimum absolute atomic E-state index is 0.570. The van der Waals surface area contributed by atoms with Gasteiger partial charge in [0, 0.05) is 37.4 Å². The van der Waals surface area contributed by atoms with Crippen molar-refractivity contribution in [3.63, 3.8) is 0 Å². The van der Waals surface area contributed by atoms with Gasteiger partial charge in [-0.15, -0.1) is 11.6 Å². The van der Waals surface area contributed by atoms with E-state index in [2.05, 4.69) is 4.99 Å². The fourth-order valence-corrected chi connectivity index (χ4v) is 2.37. The minimum atomic E-state index is -0.703. The van der Waals surface area contributed by atoms with E-state index in [-0.39, 0.29) is 0 Å². The van der Waals surface area contributed by atoms with E-state index in [4.69, 9.17) is 11.6 Å². The van der Waals surface area contributed by atoms with Gasteiger partial charge in [0.05, 0.1) is 4.87 Å². The molecule has 0 aromatic rings. The zero-order chi connectivity index (χ0) is 11.4. The van der Waals surface area contributed by atoms with Crippen molar-refractivity contribution in [3.05, 3.63) is 4.91 Å². The van der Waals surface area contributed by atoms with Crippen LogP contribution in [-0.4, -0.2) is 26.5 Å². The van der Waals surface area contributed by atoms with Crippen molar-refractivity contribution in [2.24, 2.45) is 4.99 Å². The Balaban J connectivity index is 3.27. The van der Waals surface area contributed by atoms with Crippen LogP contribution in [0.15, 0.2) is 4.99 Å². The standard InChI is InChI=1S/C10H18ClN2O/c1-8(2,11)7-9(3,4)13(14)10(5,6)12-7/h1-6H3/q+1. The summed E-state index contributed by atoms with van der Waals surface area (Å²) in [7, 11) is 0. The maximum atomic E-state index is 11.9.